The van der Waals surface area contributed by atoms with Gasteiger partial charge in [-0.3, -0.25) is 4.79 Å². The number of methoxy groups -OCH3 is 1. The van der Waals surface area contributed by atoms with Gasteiger partial charge in [-0.2, -0.15) is 5.26 Å². The van der Waals surface area contributed by atoms with Crippen molar-refractivity contribution in [3.8, 4) is 6.07 Å². The molecule has 1 aromatic rings. The molecule has 0 heterocycles. The van der Waals surface area contributed by atoms with E-state index in [4.69, 9.17) is 5.26 Å². The van der Waals surface area contributed by atoms with Gasteiger partial charge in [-0.05, 0) is 17.7 Å². The van der Waals surface area contributed by atoms with Crippen molar-refractivity contribution in [3.05, 3.63) is 33.3 Å². The Morgan fingerprint density at radius 1 is 1.59 bits per heavy atom. The zero-order valence-electron chi connectivity index (χ0n) is 8.84. The molecule has 0 aliphatic carbocycles. The van der Waals surface area contributed by atoms with E-state index < -0.39 is 12.4 Å². The fourth-order valence-electron chi connectivity index (χ4n) is 1.28. The topological polar surface area (TPSA) is 50.1 Å². The molecule has 90 valence electrons. The van der Waals surface area contributed by atoms with Crippen LogP contribution >= 0.6 is 15.9 Å². The second-order valence-corrected chi connectivity index (χ2v) is 4.05. The van der Waals surface area contributed by atoms with Crippen LogP contribution in [0.5, 0.6) is 0 Å². The van der Waals surface area contributed by atoms with Gasteiger partial charge in [0.15, 0.2) is 0 Å². The minimum absolute atomic E-state index is 0.151. The largest absolute Gasteiger partial charge is 0.469 e. The Morgan fingerprint density at radius 3 is 2.71 bits per heavy atom. The summed E-state index contributed by atoms with van der Waals surface area (Å²) in [5.41, 5.74) is 0.160. The molecule has 6 heteroatoms. The number of esters is 1. The molecule has 0 N–H and O–H groups in total. The summed E-state index contributed by atoms with van der Waals surface area (Å²) in [4.78, 5) is 11.1. The van der Waals surface area contributed by atoms with Crippen LogP contribution in [0.15, 0.2) is 16.6 Å². The summed E-state index contributed by atoms with van der Waals surface area (Å²) >= 11 is 2.96. The van der Waals surface area contributed by atoms with E-state index in [1.807, 2.05) is 6.07 Å². The van der Waals surface area contributed by atoms with Crippen molar-refractivity contribution in [2.75, 3.05) is 7.11 Å². The number of carbonyl (C=O) groups excluding carboxylic acids is 1. The standard InChI is InChI=1S/C11H8BrF2NO2/c1-17-10(16)4-6-2-8(11(13)14)9(12)3-7(6)5-15/h2-3,11H,4H2,1H3. The number of hydrogen-bond donors (Lipinski definition) is 0. The zero-order chi connectivity index (χ0) is 13.0. The fourth-order valence-corrected chi connectivity index (χ4v) is 1.80. The molecule has 1 rings (SSSR count). The lowest BCUT2D eigenvalue weighted by Gasteiger charge is -2.08. The van der Waals surface area contributed by atoms with Crippen molar-refractivity contribution in [1.29, 1.82) is 5.26 Å². The van der Waals surface area contributed by atoms with E-state index in [0.29, 0.717) is 0 Å². The van der Waals surface area contributed by atoms with Crippen LogP contribution < -0.4 is 0 Å². The number of benzene rings is 1. The van der Waals surface area contributed by atoms with Crippen LogP contribution in [0.2, 0.25) is 0 Å². The molecule has 0 bridgehead atoms. The van der Waals surface area contributed by atoms with Crippen molar-refractivity contribution >= 4 is 21.9 Å². The number of nitrogens with zero attached hydrogens (tertiary/aromatic N) is 1. The third-order valence-corrected chi connectivity index (χ3v) is 2.83. The van der Waals surface area contributed by atoms with Gasteiger partial charge in [-0.1, -0.05) is 15.9 Å². The van der Waals surface area contributed by atoms with Gasteiger partial charge in [0, 0.05) is 10.0 Å². The summed E-state index contributed by atoms with van der Waals surface area (Å²) < 4.78 is 29.9. The van der Waals surface area contributed by atoms with Crippen LogP contribution in [0.1, 0.15) is 23.1 Å². The molecule has 0 saturated heterocycles. The highest BCUT2D eigenvalue weighted by atomic mass is 79.9. The second-order valence-electron chi connectivity index (χ2n) is 3.20. The number of rotatable bonds is 3. The van der Waals surface area contributed by atoms with E-state index >= 15 is 0 Å². The van der Waals surface area contributed by atoms with Crippen LogP contribution in [0.25, 0.3) is 0 Å². The molecule has 0 aromatic heterocycles. The van der Waals surface area contributed by atoms with E-state index in [0.717, 1.165) is 6.07 Å². The number of halogens is 3. The molecule has 0 radical (unpaired) electrons. The Balaban J connectivity index is 3.23. The average molecular weight is 304 g/mol. The van der Waals surface area contributed by atoms with Crippen molar-refractivity contribution in [2.24, 2.45) is 0 Å². The molecule has 0 fully saturated rings. The molecule has 0 aliphatic heterocycles. The fraction of sp³-hybridized carbons (Fsp3) is 0.273. The van der Waals surface area contributed by atoms with E-state index in [-0.39, 0.29) is 27.6 Å². The number of carbonyl (C=O) groups is 1. The molecule has 0 spiro atoms. The number of ether oxygens (including phenoxy) is 1. The number of alkyl halides is 2. The minimum atomic E-state index is -2.67. The molecule has 0 amide bonds. The normalized spacial score (nSPS) is 10.1. The minimum Gasteiger partial charge on any atom is -0.469 e. The van der Waals surface area contributed by atoms with E-state index in [2.05, 4.69) is 20.7 Å². The van der Waals surface area contributed by atoms with Gasteiger partial charge in [0.25, 0.3) is 6.43 Å². The molecule has 0 saturated carbocycles. The smallest absolute Gasteiger partial charge is 0.310 e. The lowest BCUT2D eigenvalue weighted by atomic mass is 10.0. The van der Waals surface area contributed by atoms with Gasteiger partial charge in [-0.15, -0.1) is 0 Å². The average Bonchev–Trinajstić information content (AvgIpc) is 2.30. The summed E-state index contributed by atoms with van der Waals surface area (Å²) in [6.45, 7) is 0. The van der Waals surface area contributed by atoms with Gasteiger partial charge >= 0.3 is 5.97 Å². The van der Waals surface area contributed by atoms with Gasteiger partial charge in [0.1, 0.15) is 0 Å². The maximum Gasteiger partial charge on any atom is 0.310 e. The van der Waals surface area contributed by atoms with Crippen LogP contribution in [0.4, 0.5) is 8.78 Å². The first-order valence-electron chi connectivity index (χ1n) is 4.57. The first kappa shape index (κ1) is 13.6. The predicted molar refractivity (Wildman–Crippen MR) is 59.5 cm³/mol. The monoisotopic (exact) mass is 303 g/mol. The van der Waals surface area contributed by atoms with Gasteiger partial charge in [0.05, 0.1) is 25.2 Å². The Hall–Kier alpha value is -1.48. The molecule has 17 heavy (non-hydrogen) atoms. The van der Waals surface area contributed by atoms with Crippen molar-refractivity contribution < 1.29 is 18.3 Å². The summed E-state index contributed by atoms with van der Waals surface area (Å²) in [7, 11) is 1.20. The lowest BCUT2D eigenvalue weighted by Crippen LogP contribution is -2.07. The second kappa shape index (κ2) is 5.73. The first-order chi connectivity index (χ1) is 7.99. The summed E-state index contributed by atoms with van der Waals surface area (Å²) in [5.74, 6) is -0.580. The van der Waals surface area contributed by atoms with Gasteiger partial charge in [0.2, 0.25) is 0 Å². The molecule has 3 nitrogen and oxygen atoms in total. The zero-order valence-corrected chi connectivity index (χ0v) is 10.4. The quantitative estimate of drug-likeness (QED) is 0.807. The highest BCUT2D eigenvalue weighted by molar-refractivity contribution is 9.10. The summed E-state index contributed by atoms with van der Waals surface area (Å²) in [5, 5.41) is 8.85. The Labute approximate surface area is 105 Å². The Morgan fingerprint density at radius 2 is 2.24 bits per heavy atom. The Kier molecular flexibility index (Phi) is 4.58. The third kappa shape index (κ3) is 3.24. The highest BCUT2D eigenvalue weighted by Gasteiger charge is 2.17. The van der Waals surface area contributed by atoms with Crippen LogP contribution in [0.3, 0.4) is 0 Å². The predicted octanol–water partition coefficient (Wildman–Crippen LogP) is 2.97. The van der Waals surface area contributed by atoms with Crippen LogP contribution in [0, 0.1) is 11.3 Å². The number of hydrogen-bond acceptors (Lipinski definition) is 3. The van der Waals surface area contributed by atoms with Crippen molar-refractivity contribution in [3.63, 3.8) is 0 Å². The van der Waals surface area contributed by atoms with Crippen LogP contribution in [-0.4, -0.2) is 13.1 Å². The molecule has 0 unspecified atom stereocenters. The lowest BCUT2D eigenvalue weighted by molar-refractivity contribution is -0.139. The summed E-state index contributed by atoms with van der Waals surface area (Å²) in [6.07, 6.45) is -2.87. The van der Waals surface area contributed by atoms with Gasteiger partial charge < -0.3 is 4.74 Å². The van der Waals surface area contributed by atoms with Crippen LogP contribution in [-0.2, 0) is 16.0 Å². The van der Waals surface area contributed by atoms with E-state index in [1.165, 1.54) is 13.2 Å². The molecular formula is C11H8BrF2NO2. The maximum atomic E-state index is 12.6. The van der Waals surface area contributed by atoms with E-state index in [9.17, 15) is 13.6 Å². The maximum absolute atomic E-state index is 12.6. The van der Waals surface area contributed by atoms with Gasteiger partial charge in [-0.25, -0.2) is 8.78 Å². The Bertz CT molecular complexity index is 483. The number of nitriles is 1. The highest BCUT2D eigenvalue weighted by Crippen LogP contribution is 2.30. The molecule has 0 aliphatic rings. The third-order valence-electron chi connectivity index (χ3n) is 2.14. The van der Waals surface area contributed by atoms with E-state index in [1.54, 1.807) is 0 Å². The van der Waals surface area contributed by atoms with Crippen molar-refractivity contribution in [1.82, 2.24) is 0 Å². The molecular weight excluding hydrogens is 296 g/mol. The van der Waals surface area contributed by atoms with Crippen molar-refractivity contribution in [2.45, 2.75) is 12.8 Å². The molecule has 0 atom stereocenters. The summed E-state index contributed by atoms with van der Waals surface area (Å²) in [6, 6.07) is 4.27. The SMILES string of the molecule is COC(=O)Cc1cc(C(F)F)c(Br)cc1C#N. The molecule has 1 aromatic carbocycles. The first-order valence-corrected chi connectivity index (χ1v) is 5.36.